The van der Waals surface area contributed by atoms with Crippen LogP contribution in [0, 0.1) is 5.82 Å². The SMILES string of the molecule is CN1Cc2cc(Nc3ncc4c(F)cn(-c5cccc(N=S(C)(C)=O)n5)c4n3)cc3c2C(CCCS3)C1. The Hall–Kier alpha value is -3.02. The number of nitrogens with one attached hydrogen (secondary N) is 1. The molecule has 0 saturated carbocycles. The van der Waals surface area contributed by atoms with Crippen molar-refractivity contribution in [2.75, 3.05) is 37.2 Å². The topological polar surface area (TPSA) is 88.3 Å². The number of benzene rings is 1. The lowest BCUT2D eigenvalue weighted by molar-refractivity contribution is 0.272. The Kier molecular flexibility index (Phi) is 6.16. The Morgan fingerprint density at radius 2 is 2.11 bits per heavy atom. The first kappa shape index (κ1) is 24.3. The van der Waals surface area contributed by atoms with E-state index in [1.807, 2.05) is 11.8 Å². The second-order valence-electron chi connectivity index (χ2n) is 9.96. The van der Waals surface area contributed by atoms with E-state index in [1.165, 1.54) is 41.3 Å². The number of aromatic nitrogens is 4. The summed E-state index contributed by atoms with van der Waals surface area (Å²) in [7, 11) is -0.207. The number of anilines is 2. The first-order valence-electron chi connectivity index (χ1n) is 12.2. The van der Waals surface area contributed by atoms with Gasteiger partial charge in [0.2, 0.25) is 5.95 Å². The Balaban J connectivity index is 1.39. The molecule has 0 saturated heterocycles. The summed E-state index contributed by atoms with van der Waals surface area (Å²) < 4.78 is 32.7. The number of rotatable bonds is 4. The van der Waals surface area contributed by atoms with Crippen molar-refractivity contribution in [3.05, 3.63) is 59.7 Å². The van der Waals surface area contributed by atoms with Crippen LogP contribution in [0.3, 0.4) is 0 Å². The molecule has 2 aliphatic heterocycles. The Morgan fingerprint density at radius 3 is 2.95 bits per heavy atom. The van der Waals surface area contributed by atoms with Gasteiger partial charge >= 0.3 is 0 Å². The Morgan fingerprint density at radius 1 is 1.24 bits per heavy atom. The van der Waals surface area contributed by atoms with E-state index < -0.39 is 15.5 Å². The highest BCUT2D eigenvalue weighted by Crippen LogP contribution is 2.43. The van der Waals surface area contributed by atoms with E-state index in [0.29, 0.717) is 34.5 Å². The molecular weight excluding hydrogens is 509 g/mol. The summed E-state index contributed by atoms with van der Waals surface area (Å²) in [6, 6.07) is 9.55. The van der Waals surface area contributed by atoms with Gasteiger partial charge in [-0.2, -0.15) is 9.35 Å². The van der Waals surface area contributed by atoms with Crippen LogP contribution in [0.5, 0.6) is 0 Å². The number of fused-ring (bicyclic) bond motifs is 1. The molecule has 1 aromatic carbocycles. The fourth-order valence-electron chi connectivity index (χ4n) is 5.20. The predicted octanol–water partition coefficient (Wildman–Crippen LogP) is 5.47. The second-order valence-corrected chi connectivity index (χ2v) is 13.6. The lowest BCUT2D eigenvalue weighted by Crippen LogP contribution is -2.30. The zero-order chi connectivity index (χ0) is 25.7. The number of hydrogen-bond donors (Lipinski definition) is 1. The fourth-order valence-corrected chi connectivity index (χ4v) is 6.94. The van der Waals surface area contributed by atoms with Gasteiger partial charge in [-0.15, -0.1) is 11.8 Å². The third kappa shape index (κ3) is 4.95. The summed E-state index contributed by atoms with van der Waals surface area (Å²) in [5.74, 6) is 2.39. The van der Waals surface area contributed by atoms with Crippen LogP contribution in [-0.4, -0.2) is 60.5 Å². The summed E-state index contributed by atoms with van der Waals surface area (Å²) in [5.41, 5.74) is 4.16. The molecule has 0 fully saturated rings. The lowest BCUT2D eigenvalue weighted by atomic mass is 9.86. The van der Waals surface area contributed by atoms with E-state index in [0.717, 1.165) is 24.5 Å². The highest BCUT2D eigenvalue weighted by Gasteiger charge is 2.28. The number of nitrogens with zero attached hydrogens (tertiary/aromatic N) is 6. The van der Waals surface area contributed by atoms with Gasteiger partial charge in [0.15, 0.2) is 17.3 Å². The lowest BCUT2D eigenvalue weighted by Gasteiger charge is -2.33. The van der Waals surface area contributed by atoms with Gasteiger partial charge in [0.1, 0.15) is 5.82 Å². The zero-order valence-corrected chi connectivity index (χ0v) is 22.6. The van der Waals surface area contributed by atoms with Crippen molar-refractivity contribution in [3.63, 3.8) is 0 Å². The molecule has 3 aromatic heterocycles. The number of halogens is 1. The molecule has 6 rings (SSSR count). The van der Waals surface area contributed by atoms with Crippen LogP contribution in [-0.2, 0) is 16.3 Å². The first-order chi connectivity index (χ1) is 17.7. The van der Waals surface area contributed by atoms with Gasteiger partial charge in [-0.05, 0) is 67.0 Å². The molecule has 1 unspecified atom stereocenters. The van der Waals surface area contributed by atoms with Gasteiger partial charge < -0.3 is 10.2 Å². The van der Waals surface area contributed by atoms with Gasteiger partial charge in [-0.25, -0.2) is 18.6 Å². The highest BCUT2D eigenvalue weighted by molar-refractivity contribution is 7.99. The standard InChI is InChI=1S/C26H28FN7OS2/c1-33-13-16-6-5-9-36-21-11-18(10-17(14-33)24(16)21)29-26-28-12-19-20(27)15-34(25(19)31-26)23-8-4-7-22(30-23)32-37(2,3)35/h4,7-8,10-12,15-16H,5-6,9,13-14H2,1-3H3,(H,28,29,31). The summed E-state index contributed by atoms with van der Waals surface area (Å²) in [5, 5.41) is 3.65. The minimum absolute atomic E-state index is 0.293. The van der Waals surface area contributed by atoms with E-state index in [-0.39, 0.29) is 0 Å². The van der Waals surface area contributed by atoms with Crippen LogP contribution in [0.25, 0.3) is 16.9 Å². The van der Waals surface area contributed by atoms with Crippen molar-refractivity contribution in [1.82, 2.24) is 24.4 Å². The van der Waals surface area contributed by atoms with Gasteiger partial charge in [-0.1, -0.05) is 6.07 Å². The molecule has 8 nitrogen and oxygen atoms in total. The summed E-state index contributed by atoms with van der Waals surface area (Å²) in [4.78, 5) is 17.2. The third-order valence-electron chi connectivity index (χ3n) is 6.60. The zero-order valence-electron chi connectivity index (χ0n) is 20.9. The average molecular weight is 538 g/mol. The van der Waals surface area contributed by atoms with Crippen molar-refractivity contribution in [2.45, 2.75) is 30.2 Å². The number of likely N-dealkylation sites (N-methyl/N-ethyl adjacent to an activating group) is 1. The molecule has 192 valence electrons. The number of hydrogen-bond acceptors (Lipinski definition) is 8. The maximum Gasteiger partial charge on any atom is 0.229 e. The molecule has 1 atom stereocenters. The van der Waals surface area contributed by atoms with Gasteiger partial charge in [0, 0.05) is 58.3 Å². The second kappa shape index (κ2) is 9.38. The van der Waals surface area contributed by atoms with Crippen molar-refractivity contribution < 1.29 is 8.60 Å². The van der Waals surface area contributed by atoms with E-state index in [9.17, 15) is 8.60 Å². The molecule has 5 heterocycles. The molecular formula is C26H28FN7OS2. The third-order valence-corrected chi connectivity index (χ3v) is 8.36. The van der Waals surface area contributed by atoms with Crippen LogP contribution in [0.15, 0.2) is 52.0 Å². The molecule has 11 heteroatoms. The van der Waals surface area contributed by atoms with E-state index in [4.69, 9.17) is 0 Å². The van der Waals surface area contributed by atoms with E-state index in [2.05, 4.69) is 48.7 Å². The number of thioether (sulfide) groups is 1. The van der Waals surface area contributed by atoms with Crippen LogP contribution < -0.4 is 5.32 Å². The van der Waals surface area contributed by atoms with Crippen molar-refractivity contribution in [2.24, 2.45) is 4.36 Å². The molecule has 0 bridgehead atoms. The molecule has 2 aliphatic rings. The molecule has 37 heavy (non-hydrogen) atoms. The van der Waals surface area contributed by atoms with Crippen LogP contribution in [0.4, 0.5) is 21.8 Å². The molecule has 0 radical (unpaired) electrons. The highest BCUT2D eigenvalue weighted by atomic mass is 32.2. The van der Waals surface area contributed by atoms with Crippen molar-refractivity contribution in [3.8, 4) is 5.82 Å². The average Bonchev–Trinajstić information content (AvgIpc) is 3.01. The van der Waals surface area contributed by atoms with Crippen molar-refractivity contribution in [1.29, 1.82) is 0 Å². The van der Waals surface area contributed by atoms with E-state index >= 15 is 0 Å². The Bertz CT molecular complexity index is 1640. The normalized spacial score (nSPS) is 17.9. The minimum atomic E-state index is -2.38. The monoisotopic (exact) mass is 537 g/mol. The van der Waals surface area contributed by atoms with Gasteiger partial charge in [0.25, 0.3) is 0 Å². The van der Waals surface area contributed by atoms with Crippen LogP contribution in [0.1, 0.15) is 29.9 Å². The van der Waals surface area contributed by atoms with Gasteiger partial charge in [0.05, 0.1) is 5.39 Å². The first-order valence-corrected chi connectivity index (χ1v) is 15.5. The molecule has 0 spiro atoms. The molecule has 4 aromatic rings. The maximum atomic E-state index is 14.8. The van der Waals surface area contributed by atoms with Crippen LogP contribution in [0.2, 0.25) is 0 Å². The summed E-state index contributed by atoms with van der Waals surface area (Å²) in [6.07, 6.45) is 8.36. The molecule has 0 amide bonds. The van der Waals surface area contributed by atoms with E-state index in [1.54, 1.807) is 35.3 Å². The summed E-state index contributed by atoms with van der Waals surface area (Å²) in [6.45, 7) is 2.02. The summed E-state index contributed by atoms with van der Waals surface area (Å²) >= 11 is 1.92. The predicted molar refractivity (Wildman–Crippen MR) is 147 cm³/mol. The molecule has 1 N–H and O–H groups in total. The van der Waals surface area contributed by atoms with Crippen molar-refractivity contribution >= 4 is 50.0 Å². The smallest absolute Gasteiger partial charge is 0.229 e. The van der Waals surface area contributed by atoms with Gasteiger partial charge in [-0.3, -0.25) is 4.57 Å². The number of pyridine rings is 1. The Labute approximate surface area is 219 Å². The fraction of sp³-hybridized carbons (Fsp3) is 0.346. The molecule has 0 aliphatic carbocycles. The maximum absolute atomic E-state index is 14.8. The quantitative estimate of drug-likeness (QED) is 0.369. The van der Waals surface area contributed by atoms with Crippen LogP contribution >= 0.6 is 11.8 Å². The largest absolute Gasteiger partial charge is 0.324 e. The minimum Gasteiger partial charge on any atom is -0.324 e.